The highest BCUT2D eigenvalue weighted by molar-refractivity contribution is 8.22. The van der Waals surface area contributed by atoms with Crippen molar-refractivity contribution in [3.63, 3.8) is 0 Å². The molecule has 0 spiro atoms. The summed E-state index contributed by atoms with van der Waals surface area (Å²) in [7, 11) is -0.457. The number of nitrogens with two attached hydrogens (primary N) is 1. The van der Waals surface area contributed by atoms with Crippen LogP contribution in [0.2, 0.25) is 0 Å². The Labute approximate surface area is 296 Å². The molecule has 5 atom stereocenters. The molecule has 11 nitrogen and oxygen atoms in total. The second-order valence-corrected chi connectivity index (χ2v) is 16.2. The molecule has 50 heavy (non-hydrogen) atoms. The van der Waals surface area contributed by atoms with Crippen LogP contribution >= 0.6 is 10.9 Å². The minimum Gasteiger partial charge on any atom is -0.390 e. The Hall–Kier alpha value is -4.52. The van der Waals surface area contributed by atoms with Crippen LogP contribution < -0.4 is 21.7 Å². The maximum absolute atomic E-state index is 13.8. The zero-order chi connectivity index (χ0) is 35.8. The molecule has 0 bridgehead atoms. The van der Waals surface area contributed by atoms with Gasteiger partial charge in [0.1, 0.15) is 11.7 Å². The van der Waals surface area contributed by atoms with E-state index in [0.29, 0.717) is 23.7 Å². The Morgan fingerprint density at radius 2 is 1.68 bits per heavy atom. The quantitative estimate of drug-likeness (QED) is 0.149. The molecule has 0 aliphatic carbocycles. The minimum atomic E-state index is -1.31. The summed E-state index contributed by atoms with van der Waals surface area (Å²) in [6.45, 7) is 6.57. The van der Waals surface area contributed by atoms with Crippen LogP contribution in [0.4, 0.5) is 0 Å². The van der Waals surface area contributed by atoms with Crippen molar-refractivity contribution in [2.45, 2.75) is 81.5 Å². The number of pyridine rings is 1. The number of rotatable bonds is 13. The summed E-state index contributed by atoms with van der Waals surface area (Å²) in [5.74, 6) is -2.17. The van der Waals surface area contributed by atoms with Crippen LogP contribution in [-0.4, -0.2) is 86.7 Å². The number of primary amides is 1. The molecule has 2 aliphatic heterocycles. The van der Waals surface area contributed by atoms with E-state index >= 15 is 0 Å². The number of carbonyl (C=O) groups excluding carboxylic acids is 4. The van der Waals surface area contributed by atoms with E-state index in [1.54, 1.807) is 18.2 Å². The van der Waals surface area contributed by atoms with Gasteiger partial charge < -0.3 is 26.8 Å². The Morgan fingerprint density at radius 1 is 0.980 bits per heavy atom. The fraction of sp³-hybridized carbons (Fsp3) is 0.395. The molecule has 6 N–H and O–H groups in total. The van der Waals surface area contributed by atoms with Gasteiger partial charge in [0.25, 0.3) is 5.91 Å². The van der Waals surface area contributed by atoms with E-state index in [2.05, 4.69) is 43.9 Å². The van der Waals surface area contributed by atoms with E-state index in [4.69, 9.17) is 5.73 Å². The number of benzene rings is 2. The van der Waals surface area contributed by atoms with Crippen molar-refractivity contribution in [2.75, 3.05) is 13.1 Å². The third-order valence-electron chi connectivity index (χ3n) is 8.91. The first-order valence-electron chi connectivity index (χ1n) is 17.0. The summed E-state index contributed by atoms with van der Waals surface area (Å²) in [6.07, 6.45) is 4.38. The predicted octanol–water partition coefficient (Wildman–Crippen LogP) is 3.09. The van der Waals surface area contributed by atoms with Gasteiger partial charge in [0.2, 0.25) is 17.7 Å². The lowest BCUT2D eigenvalue weighted by molar-refractivity contribution is -0.130. The van der Waals surface area contributed by atoms with Crippen molar-refractivity contribution in [1.29, 1.82) is 0 Å². The number of carbonyl (C=O) groups is 4. The van der Waals surface area contributed by atoms with Gasteiger partial charge in [0.15, 0.2) is 0 Å². The number of piperidine rings is 1. The number of hydrogen-bond acceptors (Lipinski definition) is 7. The monoisotopic (exact) mass is 700 g/mol. The molecule has 3 unspecified atom stereocenters. The summed E-state index contributed by atoms with van der Waals surface area (Å²) >= 11 is 0. The van der Waals surface area contributed by atoms with Gasteiger partial charge in [-0.05, 0) is 73.8 Å². The van der Waals surface area contributed by atoms with Crippen LogP contribution in [0.3, 0.4) is 0 Å². The largest absolute Gasteiger partial charge is 0.390 e. The van der Waals surface area contributed by atoms with E-state index in [-0.39, 0.29) is 24.6 Å². The first kappa shape index (κ1) is 36.8. The molecule has 0 radical (unpaired) electrons. The van der Waals surface area contributed by atoms with E-state index < -0.39 is 64.8 Å². The highest BCUT2D eigenvalue weighted by Gasteiger charge is 2.38. The first-order chi connectivity index (χ1) is 23.9. The fourth-order valence-electron chi connectivity index (χ4n) is 6.44. The number of aromatic nitrogens is 1. The smallest absolute Gasteiger partial charge is 0.270 e. The number of hydrogen-bond donors (Lipinski definition) is 6. The molecule has 2 aliphatic rings. The van der Waals surface area contributed by atoms with Crippen molar-refractivity contribution in [1.82, 2.24) is 25.8 Å². The molecule has 0 saturated carbocycles. The normalized spacial score (nSPS) is 20.2. The molecule has 5 rings (SSSR count). The maximum atomic E-state index is 13.8. The number of likely N-dealkylation sites (tertiary alicyclic amines) is 1. The van der Waals surface area contributed by atoms with Crippen molar-refractivity contribution in [3.05, 3.63) is 101 Å². The number of aliphatic hydroxyl groups excluding tert-OH is 1. The zero-order valence-electron chi connectivity index (χ0n) is 28.8. The van der Waals surface area contributed by atoms with Gasteiger partial charge in [-0.2, -0.15) is 0 Å². The molecule has 1 saturated heterocycles. The Bertz CT molecular complexity index is 1730. The summed E-state index contributed by atoms with van der Waals surface area (Å²) in [6, 6.07) is 17.5. The van der Waals surface area contributed by atoms with Gasteiger partial charge in [0.05, 0.1) is 30.1 Å². The number of fused-ring (bicyclic) bond motifs is 1. The maximum Gasteiger partial charge on any atom is 0.270 e. The number of para-hydroxylation sites is 1. The molecular weight excluding hydrogens is 653 g/mol. The Morgan fingerprint density at radius 3 is 2.38 bits per heavy atom. The number of allylic oxidation sites excluding steroid dienone is 2. The average molecular weight is 701 g/mol. The molecule has 2 aromatic carbocycles. The lowest BCUT2D eigenvalue weighted by Crippen LogP contribution is -2.60. The minimum absolute atomic E-state index is 0.0832. The summed E-state index contributed by atoms with van der Waals surface area (Å²) in [4.78, 5) is 59.3. The number of aliphatic hydroxyl groups is 1. The zero-order valence-corrected chi connectivity index (χ0v) is 29.7. The van der Waals surface area contributed by atoms with Crippen LogP contribution in [0.1, 0.15) is 56.1 Å². The Kier molecular flexibility index (Phi) is 12.1. The van der Waals surface area contributed by atoms with Crippen LogP contribution in [0, 0.1) is 0 Å². The van der Waals surface area contributed by atoms with E-state index in [1.807, 2.05) is 74.2 Å². The van der Waals surface area contributed by atoms with Gasteiger partial charge in [-0.15, -0.1) is 0 Å². The molecular formula is C38H48N6O5S. The third-order valence-corrected chi connectivity index (χ3v) is 11.3. The first-order valence-corrected chi connectivity index (χ1v) is 18.6. The standard InChI is InChI=1S/C38H48N6O5S/c1-38(2,3)43-37(49)32-22-27(50-19-9-10-20-50)17-18-44(32)24-33(45)30(21-25-11-5-4-6-12-25)41-36(48)31(23-34(39)46)42-35(47)29-16-15-26-13-7-8-14-28(26)40-29/h4-16,19-20,27,30-33,45,50H,17-18,21-24H2,1-3H3,(H2,39,46)(H,41,48)(H,42,47)(H,43,49)/t27?,30?,31-,32-,33?/m0/s1. The van der Waals surface area contributed by atoms with Crippen LogP contribution in [0.5, 0.6) is 0 Å². The average Bonchev–Trinajstić information content (AvgIpc) is 3.62. The molecule has 1 aromatic heterocycles. The van der Waals surface area contributed by atoms with Crippen molar-refractivity contribution in [2.24, 2.45) is 5.73 Å². The number of amides is 4. The van der Waals surface area contributed by atoms with Crippen molar-refractivity contribution >= 4 is 45.4 Å². The second-order valence-electron chi connectivity index (χ2n) is 14.0. The summed E-state index contributed by atoms with van der Waals surface area (Å²) in [5, 5.41) is 26.1. The topological polar surface area (TPSA) is 167 Å². The van der Waals surface area contributed by atoms with E-state index in [9.17, 15) is 24.3 Å². The van der Waals surface area contributed by atoms with Crippen LogP contribution in [0.25, 0.3) is 10.9 Å². The lowest BCUT2D eigenvalue weighted by atomic mass is 9.96. The molecule has 3 heterocycles. The highest BCUT2D eigenvalue weighted by Crippen LogP contribution is 2.44. The second kappa shape index (κ2) is 16.5. The SMILES string of the molecule is CC(C)(C)NC(=O)[C@@H]1CC([SH]2C=CC=C2)CCN1CC(O)C(Cc1ccccc1)NC(=O)[C@H](CC(N)=O)NC(=O)c1ccc2ccccc2n1. The fourth-order valence-corrected chi connectivity index (χ4v) is 8.48. The number of nitrogens with zero attached hydrogens (tertiary/aromatic N) is 2. The number of nitrogens with one attached hydrogen (secondary N) is 3. The molecule has 12 heteroatoms. The van der Waals surface area contributed by atoms with Gasteiger partial charge in [-0.3, -0.25) is 24.1 Å². The van der Waals surface area contributed by atoms with E-state index in [0.717, 1.165) is 17.4 Å². The highest BCUT2D eigenvalue weighted by atomic mass is 32.2. The number of thiol groups is 1. The van der Waals surface area contributed by atoms with Crippen molar-refractivity contribution < 1.29 is 24.3 Å². The lowest BCUT2D eigenvalue weighted by Gasteiger charge is -2.43. The van der Waals surface area contributed by atoms with E-state index in [1.165, 1.54) is 0 Å². The van der Waals surface area contributed by atoms with Gasteiger partial charge in [-0.1, -0.05) is 66.7 Å². The third kappa shape index (κ3) is 10.0. The van der Waals surface area contributed by atoms with Gasteiger partial charge in [-0.25, -0.2) is 15.9 Å². The summed E-state index contributed by atoms with van der Waals surface area (Å²) in [5.41, 5.74) is 6.65. The van der Waals surface area contributed by atoms with Crippen LogP contribution in [0.15, 0.2) is 89.7 Å². The molecule has 4 amide bonds. The summed E-state index contributed by atoms with van der Waals surface area (Å²) < 4.78 is 0. The number of β-amino-alcohol motifs (C(OH)–C–C–N with tert-alkyl or cyclic N) is 1. The molecule has 266 valence electrons. The molecule has 1 fully saturated rings. The van der Waals surface area contributed by atoms with Gasteiger partial charge in [0, 0.05) is 24.0 Å². The van der Waals surface area contributed by atoms with Crippen molar-refractivity contribution in [3.8, 4) is 0 Å². The van der Waals surface area contributed by atoms with Crippen LogP contribution in [-0.2, 0) is 20.8 Å². The Balaban J connectivity index is 1.34. The predicted molar refractivity (Wildman–Crippen MR) is 198 cm³/mol. The molecule has 3 aromatic rings. The van der Waals surface area contributed by atoms with Gasteiger partial charge >= 0.3 is 0 Å².